The lowest BCUT2D eigenvalue weighted by atomic mass is 10.1. The lowest BCUT2D eigenvalue weighted by Gasteiger charge is -2.21. The fourth-order valence-electron chi connectivity index (χ4n) is 3.33. The fraction of sp³-hybridized carbons (Fsp3) is 0.294. The predicted molar refractivity (Wildman–Crippen MR) is 80.6 cm³/mol. The first-order valence-electron chi connectivity index (χ1n) is 7.02. The van der Waals surface area contributed by atoms with E-state index >= 15 is 0 Å². The summed E-state index contributed by atoms with van der Waals surface area (Å²) in [7, 11) is 2.18. The second kappa shape index (κ2) is 4.02. The van der Waals surface area contributed by atoms with Crippen molar-refractivity contribution in [2.75, 3.05) is 29.9 Å². The van der Waals surface area contributed by atoms with E-state index in [4.69, 9.17) is 0 Å². The number of anilines is 3. The Labute approximate surface area is 114 Å². The Balaban J connectivity index is 1.75. The highest BCUT2D eigenvalue weighted by atomic mass is 15.2. The molecule has 0 spiro atoms. The number of nitrogens with zero attached hydrogens (tertiary/aromatic N) is 2. The molecular weight excluding hydrogens is 232 g/mol. The van der Waals surface area contributed by atoms with Crippen LogP contribution in [0, 0.1) is 0 Å². The van der Waals surface area contributed by atoms with Crippen LogP contribution < -0.4 is 9.80 Å². The molecule has 2 aromatic rings. The van der Waals surface area contributed by atoms with Crippen LogP contribution in [-0.2, 0) is 12.8 Å². The van der Waals surface area contributed by atoms with Gasteiger partial charge in [-0.3, -0.25) is 0 Å². The molecule has 2 heterocycles. The number of rotatable bonds is 1. The smallest absolute Gasteiger partial charge is 0.0444 e. The number of hydrogen-bond acceptors (Lipinski definition) is 2. The van der Waals surface area contributed by atoms with E-state index in [0.29, 0.717) is 0 Å². The van der Waals surface area contributed by atoms with Gasteiger partial charge in [0.25, 0.3) is 0 Å². The van der Waals surface area contributed by atoms with Gasteiger partial charge in [-0.15, -0.1) is 0 Å². The molecule has 19 heavy (non-hydrogen) atoms. The molecule has 0 aliphatic carbocycles. The Kier molecular flexibility index (Phi) is 2.31. The molecule has 2 aromatic carbocycles. The number of likely N-dealkylation sites (N-methyl/N-ethyl adjacent to an activating group) is 1. The van der Waals surface area contributed by atoms with Gasteiger partial charge in [-0.05, 0) is 48.2 Å². The summed E-state index contributed by atoms with van der Waals surface area (Å²) in [5.41, 5.74) is 7.09. The second-order valence-corrected chi connectivity index (χ2v) is 5.51. The molecule has 0 radical (unpaired) electrons. The summed E-state index contributed by atoms with van der Waals surface area (Å²) in [5, 5.41) is 0. The molecule has 0 amide bonds. The molecular formula is C17H18N2. The molecule has 2 heteroatoms. The van der Waals surface area contributed by atoms with Gasteiger partial charge in [0.05, 0.1) is 0 Å². The summed E-state index contributed by atoms with van der Waals surface area (Å²) in [6.07, 6.45) is 2.34. The highest BCUT2D eigenvalue weighted by molar-refractivity contribution is 5.73. The van der Waals surface area contributed by atoms with Gasteiger partial charge in [0, 0.05) is 37.2 Å². The van der Waals surface area contributed by atoms with Crippen LogP contribution in [0.4, 0.5) is 17.1 Å². The Morgan fingerprint density at radius 1 is 0.842 bits per heavy atom. The molecule has 0 bridgehead atoms. The van der Waals surface area contributed by atoms with Crippen LogP contribution in [0.2, 0.25) is 0 Å². The van der Waals surface area contributed by atoms with Crippen LogP contribution in [-0.4, -0.2) is 20.1 Å². The van der Waals surface area contributed by atoms with Crippen molar-refractivity contribution in [1.82, 2.24) is 0 Å². The zero-order chi connectivity index (χ0) is 12.8. The van der Waals surface area contributed by atoms with Crippen molar-refractivity contribution in [3.63, 3.8) is 0 Å². The molecule has 2 nitrogen and oxygen atoms in total. The molecule has 0 fully saturated rings. The van der Waals surface area contributed by atoms with Gasteiger partial charge in [-0.2, -0.15) is 0 Å². The van der Waals surface area contributed by atoms with Crippen molar-refractivity contribution in [3.05, 3.63) is 53.6 Å². The SMILES string of the molecule is CN1CCc2cc(N3CCc4ccccc43)ccc21. The second-order valence-electron chi connectivity index (χ2n) is 5.51. The number of para-hydroxylation sites is 1. The highest BCUT2D eigenvalue weighted by Gasteiger charge is 2.22. The molecule has 0 unspecified atom stereocenters. The summed E-state index contributed by atoms with van der Waals surface area (Å²) in [5.74, 6) is 0. The average molecular weight is 250 g/mol. The third-order valence-corrected chi connectivity index (χ3v) is 4.39. The molecule has 0 N–H and O–H groups in total. The van der Waals surface area contributed by atoms with Crippen LogP contribution in [0.15, 0.2) is 42.5 Å². The lowest BCUT2D eigenvalue weighted by Crippen LogP contribution is -2.14. The van der Waals surface area contributed by atoms with Crippen molar-refractivity contribution >= 4 is 17.1 Å². The maximum Gasteiger partial charge on any atom is 0.0444 e. The Bertz CT molecular complexity index is 633. The maximum absolute atomic E-state index is 2.45. The minimum Gasteiger partial charge on any atom is -0.374 e. The van der Waals surface area contributed by atoms with Gasteiger partial charge in [0.2, 0.25) is 0 Å². The van der Waals surface area contributed by atoms with Gasteiger partial charge in [-0.25, -0.2) is 0 Å². The van der Waals surface area contributed by atoms with E-state index in [1.54, 1.807) is 0 Å². The summed E-state index contributed by atoms with van der Waals surface area (Å²) >= 11 is 0. The van der Waals surface area contributed by atoms with Gasteiger partial charge >= 0.3 is 0 Å². The molecule has 2 aliphatic rings. The first-order chi connectivity index (χ1) is 9.33. The van der Waals surface area contributed by atoms with Crippen LogP contribution in [0.5, 0.6) is 0 Å². The normalized spacial score (nSPS) is 16.7. The zero-order valence-corrected chi connectivity index (χ0v) is 11.3. The Morgan fingerprint density at radius 2 is 1.68 bits per heavy atom. The zero-order valence-electron chi connectivity index (χ0n) is 11.3. The van der Waals surface area contributed by atoms with E-state index in [9.17, 15) is 0 Å². The van der Waals surface area contributed by atoms with Crippen molar-refractivity contribution in [1.29, 1.82) is 0 Å². The van der Waals surface area contributed by atoms with Crippen LogP contribution in [0.3, 0.4) is 0 Å². The Hall–Kier alpha value is -1.96. The van der Waals surface area contributed by atoms with E-state index in [0.717, 1.165) is 19.5 Å². The van der Waals surface area contributed by atoms with Crippen molar-refractivity contribution in [2.45, 2.75) is 12.8 Å². The minimum atomic E-state index is 1.11. The number of fused-ring (bicyclic) bond motifs is 2. The van der Waals surface area contributed by atoms with Crippen LogP contribution >= 0.6 is 0 Å². The monoisotopic (exact) mass is 250 g/mol. The largest absolute Gasteiger partial charge is 0.374 e. The van der Waals surface area contributed by atoms with Crippen molar-refractivity contribution in [3.8, 4) is 0 Å². The first kappa shape index (κ1) is 10.9. The summed E-state index contributed by atoms with van der Waals surface area (Å²) in [4.78, 5) is 4.80. The van der Waals surface area contributed by atoms with E-state index in [-0.39, 0.29) is 0 Å². The third kappa shape index (κ3) is 1.63. The molecule has 0 atom stereocenters. The van der Waals surface area contributed by atoms with Crippen molar-refractivity contribution in [2.24, 2.45) is 0 Å². The topological polar surface area (TPSA) is 6.48 Å². The van der Waals surface area contributed by atoms with E-state index in [1.807, 2.05) is 0 Å². The van der Waals surface area contributed by atoms with Crippen LogP contribution in [0.1, 0.15) is 11.1 Å². The Morgan fingerprint density at radius 3 is 2.63 bits per heavy atom. The van der Waals surface area contributed by atoms with Gasteiger partial charge < -0.3 is 9.80 Å². The fourth-order valence-corrected chi connectivity index (χ4v) is 3.33. The molecule has 4 rings (SSSR count). The minimum absolute atomic E-state index is 1.11. The van der Waals surface area contributed by atoms with Crippen LogP contribution in [0.25, 0.3) is 0 Å². The molecule has 0 aromatic heterocycles. The number of hydrogen-bond donors (Lipinski definition) is 0. The molecule has 0 saturated heterocycles. The lowest BCUT2D eigenvalue weighted by molar-refractivity contribution is 0.955. The van der Waals surface area contributed by atoms with E-state index in [2.05, 4.69) is 59.3 Å². The third-order valence-electron chi connectivity index (χ3n) is 4.39. The summed E-state index contributed by atoms with van der Waals surface area (Å²) in [6.45, 7) is 2.25. The molecule has 0 saturated carbocycles. The highest BCUT2D eigenvalue weighted by Crippen LogP contribution is 2.37. The molecule has 96 valence electrons. The van der Waals surface area contributed by atoms with Gasteiger partial charge in [0.15, 0.2) is 0 Å². The average Bonchev–Trinajstić information content (AvgIpc) is 3.03. The predicted octanol–water partition coefficient (Wildman–Crippen LogP) is 3.37. The van der Waals surface area contributed by atoms with Gasteiger partial charge in [-0.1, -0.05) is 18.2 Å². The number of benzene rings is 2. The maximum atomic E-state index is 2.45. The first-order valence-corrected chi connectivity index (χ1v) is 7.02. The summed E-state index contributed by atoms with van der Waals surface area (Å²) in [6, 6.07) is 15.7. The summed E-state index contributed by atoms with van der Waals surface area (Å²) < 4.78 is 0. The van der Waals surface area contributed by atoms with E-state index < -0.39 is 0 Å². The standard InChI is InChI=1S/C17H18N2/c1-18-10-8-14-12-15(6-7-16(14)18)19-11-9-13-4-2-3-5-17(13)19/h2-7,12H,8-11H2,1H3. The van der Waals surface area contributed by atoms with Gasteiger partial charge in [0.1, 0.15) is 0 Å². The van der Waals surface area contributed by atoms with E-state index in [1.165, 1.54) is 34.6 Å². The quantitative estimate of drug-likeness (QED) is 0.765. The van der Waals surface area contributed by atoms with Crippen molar-refractivity contribution < 1.29 is 0 Å². The molecule has 2 aliphatic heterocycles.